The first-order valence-electron chi connectivity index (χ1n) is 9.73. The Hall–Kier alpha value is -2.67. The maximum absolute atomic E-state index is 12.4. The van der Waals surface area contributed by atoms with Gasteiger partial charge in [0.1, 0.15) is 5.75 Å². The molecule has 1 unspecified atom stereocenters. The molecule has 0 saturated heterocycles. The predicted molar refractivity (Wildman–Crippen MR) is 112 cm³/mol. The maximum atomic E-state index is 12.4. The Bertz CT molecular complexity index is 1020. The van der Waals surface area contributed by atoms with Crippen molar-refractivity contribution >= 4 is 21.8 Å². The molecular formula is C22H22BrN3O3. The third-order valence-electron chi connectivity index (χ3n) is 4.97. The summed E-state index contributed by atoms with van der Waals surface area (Å²) < 4.78 is 12.0. The van der Waals surface area contributed by atoms with Crippen LogP contribution >= 0.6 is 15.9 Å². The van der Waals surface area contributed by atoms with Gasteiger partial charge in [-0.1, -0.05) is 39.3 Å². The van der Waals surface area contributed by atoms with Gasteiger partial charge in [0.05, 0.1) is 6.54 Å². The average Bonchev–Trinajstić information content (AvgIpc) is 3.21. The topological polar surface area (TPSA) is 77.2 Å². The number of halogens is 1. The summed E-state index contributed by atoms with van der Waals surface area (Å²) in [6.45, 7) is 1.88. The van der Waals surface area contributed by atoms with Crippen molar-refractivity contribution in [2.45, 2.75) is 45.3 Å². The molecule has 0 fully saturated rings. The second kappa shape index (κ2) is 8.78. The number of carbonyl (C=O) groups is 1. The van der Waals surface area contributed by atoms with E-state index in [4.69, 9.17) is 9.26 Å². The van der Waals surface area contributed by atoms with Crippen molar-refractivity contribution in [3.05, 3.63) is 64.0 Å². The molecule has 1 amide bonds. The molecule has 1 heterocycles. The number of ether oxygens (including phenoxy) is 1. The fraction of sp³-hybridized carbons (Fsp3) is 0.318. The lowest BCUT2D eigenvalue weighted by atomic mass is 9.92. The number of aryl methyl sites for hydroxylation is 2. The van der Waals surface area contributed by atoms with Crippen molar-refractivity contribution < 1.29 is 14.1 Å². The first-order chi connectivity index (χ1) is 14.1. The normalized spacial score (nSPS) is 14.1. The fourth-order valence-corrected chi connectivity index (χ4v) is 3.82. The molecule has 0 saturated carbocycles. The molecule has 3 aromatic rings. The molecule has 1 atom stereocenters. The van der Waals surface area contributed by atoms with E-state index in [1.165, 1.54) is 24.0 Å². The summed E-state index contributed by atoms with van der Waals surface area (Å²) in [5, 5.41) is 6.76. The number of aromatic nitrogens is 2. The molecule has 1 aromatic heterocycles. The van der Waals surface area contributed by atoms with Crippen LogP contribution in [0.25, 0.3) is 11.4 Å². The van der Waals surface area contributed by atoms with Crippen LogP contribution in [0.1, 0.15) is 36.8 Å². The number of hydrogen-bond acceptors (Lipinski definition) is 5. The minimum absolute atomic E-state index is 0.151. The molecule has 0 radical (unpaired) electrons. The molecule has 2 aromatic carbocycles. The largest absolute Gasteiger partial charge is 0.481 e. The van der Waals surface area contributed by atoms with E-state index in [1.807, 2.05) is 30.3 Å². The van der Waals surface area contributed by atoms with Gasteiger partial charge in [0.15, 0.2) is 6.10 Å². The van der Waals surface area contributed by atoms with Gasteiger partial charge in [-0.3, -0.25) is 4.79 Å². The highest BCUT2D eigenvalue weighted by atomic mass is 79.9. The number of carbonyl (C=O) groups excluding carboxylic acids is 1. The molecule has 150 valence electrons. The average molecular weight is 456 g/mol. The quantitative estimate of drug-likeness (QED) is 0.593. The van der Waals surface area contributed by atoms with Crippen LogP contribution in [0.2, 0.25) is 0 Å². The summed E-state index contributed by atoms with van der Waals surface area (Å²) in [5.74, 6) is 1.32. The van der Waals surface area contributed by atoms with Gasteiger partial charge in [-0.15, -0.1) is 0 Å². The second-order valence-electron chi connectivity index (χ2n) is 7.14. The van der Waals surface area contributed by atoms with E-state index in [2.05, 4.69) is 43.5 Å². The van der Waals surface area contributed by atoms with Gasteiger partial charge in [-0.2, -0.15) is 4.98 Å². The number of fused-ring (bicyclic) bond motifs is 1. The van der Waals surface area contributed by atoms with E-state index in [9.17, 15) is 4.79 Å². The molecule has 1 aliphatic carbocycles. The molecule has 6 nitrogen and oxygen atoms in total. The Morgan fingerprint density at radius 1 is 1.21 bits per heavy atom. The van der Waals surface area contributed by atoms with Crippen LogP contribution in [0.15, 0.2) is 51.5 Å². The van der Waals surface area contributed by atoms with Gasteiger partial charge in [-0.05, 0) is 68.0 Å². The molecule has 4 rings (SSSR count). The molecule has 1 N–H and O–H groups in total. The first-order valence-corrected chi connectivity index (χ1v) is 10.5. The third kappa shape index (κ3) is 4.85. The molecule has 7 heteroatoms. The Morgan fingerprint density at radius 3 is 2.86 bits per heavy atom. The van der Waals surface area contributed by atoms with E-state index in [0.29, 0.717) is 11.7 Å². The Balaban J connectivity index is 1.32. The summed E-state index contributed by atoms with van der Waals surface area (Å²) in [6, 6.07) is 13.7. The van der Waals surface area contributed by atoms with Crippen LogP contribution < -0.4 is 10.1 Å². The van der Waals surface area contributed by atoms with Gasteiger partial charge < -0.3 is 14.6 Å². The van der Waals surface area contributed by atoms with Gasteiger partial charge >= 0.3 is 0 Å². The summed E-state index contributed by atoms with van der Waals surface area (Å²) in [7, 11) is 0. The molecule has 29 heavy (non-hydrogen) atoms. The van der Waals surface area contributed by atoms with Crippen molar-refractivity contribution in [2.24, 2.45) is 0 Å². The van der Waals surface area contributed by atoms with Crippen LogP contribution in [0.3, 0.4) is 0 Å². The lowest BCUT2D eigenvalue weighted by Crippen LogP contribution is -2.36. The van der Waals surface area contributed by atoms with Crippen LogP contribution in [0.5, 0.6) is 5.75 Å². The smallest absolute Gasteiger partial charge is 0.261 e. The lowest BCUT2D eigenvalue weighted by molar-refractivity contribution is -0.127. The van der Waals surface area contributed by atoms with E-state index in [1.54, 1.807) is 6.92 Å². The number of nitrogens with zero attached hydrogens (tertiary/aromatic N) is 2. The summed E-state index contributed by atoms with van der Waals surface area (Å²) >= 11 is 3.42. The molecule has 1 aliphatic rings. The summed E-state index contributed by atoms with van der Waals surface area (Å²) in [5.41, 5.74) is 3.55. The molecular weight excluding hydrogens is 434 g/mol. The van der Waals surface area contributed by atoms with Gasteiger partial charge in [0.2, 0.25) is 11.7 Å². The van der Waals surface area contributed by atoms with E-state index >= 15 is 0 Å². The van der Waals surface area contributed by atoms with Crippen molar-refractivity contribution in [1.29, 1.82) is 0 Å². The minimum Gasteiger partial charge on any atom is -0.481 e. The highest BCUT2D eigenvalue weighted by Crippen LogP contribution is 2.26. The zero-order chi connectivity index (χ0) is 20.2. The third-order valence-corrected chi connectivity index (χ3v) is 5.46. The standard InChI is InChI=1S/C22H22BrN3O3/c1-14(28-19-10-9-15-5-2-3-6-16(15)12-19)22(27)24-13-20-25-21(26-29-20)17-7-4-8-18(23)11-17/h4,7-12,14H,2-3,5-6,13H2,1H3,(H,24,27). The Kier molecular flexibility index (Phi) is 5.94. The van der Waals surface area contributed by atoms with Gasteiger partial charge in [0.25, 0.3) is 5.91 Å². The monoisotopic (exact) mass is 455 g/mol. The zero-order valence-corrected chi connectivity index (χ0v) is 17.7. The molecule has 0 spiro atoms. The number of rotatable bonds is 6. The van der Waals surface area contributed by atoms with Gasteiger partial charge in [0, 0.05) is 10.0 Å². The van der Waals surface area contributed by atoms with Crippen LogP contribution in [0.4, 0.5) is 0 Å². The SMILES string of the molecule is CC(Oc1ccc2c(c1)CCCC2)C(=O)NCc1nc(-c2cccc(Br)c2)no1. The van der Waals surface area contributed by atoms with Crippen LogP contribution in [-0.4, -0.2) is 22.2 Å². The Labute approximate surface area is 177 Å². The van der Waals surface area contributed by atoms with Crippen molar-refractivity contribution in [1.82, 2.24) is 15.5 Å². The lowest BCUT2D eigenvalue weighted by Gasteiger charge is -2.19. The fourth-order valence-electron chi connectivity index (χ4n) is 3.42. The Morgan fingerprint density at radius 2 is 2.03 bits per heavy atom. The number of amides is 1. The molecule has 0 bridgehead atoms. The van der Waals surface area contributed by atoms with E-state index in [0.717, 1.165) is 28.6 Å². The van der Waals surface area contributed by atoms with Crippen molar-refractivity contribution in [2.75, 3.05) is 0 Å². The summed E-state index contributed by atoms with van der Waals surface area (Å²) in [6.07, 6.45) is 4.02. The second-order valence-corrected chi connectivity index (χ2v) is 8.05. The first kappa shape index (κ1) is 19.6. The number of nitrogens with one attached hydrogen (secondary N) is 1. The maximum Gasteiger partial charge on any atom is 0.261 e. The number of hydrogen-bond donors (Lipinski definition) is 1. The van der Waals surface area contributed by atoms with Crippen molar-refractivity contribution in [3.8, 4) is 17.1 Å². The van der Waals surface area contributed by atoms with Crippen LogP contribution in [0, 0.1) is 0 Å². The number of benzene rings is 2. The van der Waals surface area contributed by atoms with Crippen molar-refractivity contribution in [3.63, 3.8) is 0 Å². The zero-order valence-electron chi connectivity index (χ0n) is 16.2. The minimum atomic E-state index is -0.621. The van der Waals surface area contributed by atoms with E-state index in [-0.39, 0.29) is 12.5 Å². The molecule has 0 aliphatic heterocycles. The van der Waals surface area contributed by atoms with E-state index < -0.39 is 6.10 Å². The highest BCUT2D eigenvalue weighted by molar-refractivity contribution is 9.10. The predicted octanol–water partition coefficient (Wildman–Crippen LogP) is 4.46. The van der Waals surface area contributed by atoms with Crippen LogP contribution in [-0.2, 0) is 24.2 Å². The summed E-state index contributed by atoms with van der Waals surface area (Å²) in [4.78, 5) is 16.7. The van der Waals surface area contributed by atoms with Gasteiger partial charge in [-0.25, -0.2) is 0 Å². The highest BCUT2D eigenvalue weighted by Gasteiger charge is 2.18.